The number of anilines is 1. The molecule has 3 heterocycles. The number of nitrogens with one attached hydrogen (secondary N) is 1. The Kier molecular flexibility index (Phi) is 4.81. The first-order chi connectivity index (χ1) is 13.3. The Labute approximate surface area is 161 Å². The number of hydrogen-bond donors (Lipinski definition) is 1. The SMILES string of the molecule is CC1CCN(C(=O)c2cc3n(n2)[C@@H](C(F)(F)F)C[C@@H](c2ccccc2)N3)CC1. The standard InChI is InChI=1S/C20H23F3N4O/c1-13-7-9-26(10-8-13)19(28)16-12-18-24-15(14-5-3-2-4-6-14)11-17(20(21,22)23)27(18)25-16/h2-6,12-13,15,17,24H,7-11H2,1H3/t15-,17+/m0/s1. The van der Waals surface area contributed by atoms with Gasteiger partial charge in [0, 0.05) is 25.6 Å². The van der Waals surface area contributed by atoms with Gasteiger partial charge in [0.2, 0.25) is 0 Å². The van der Waals surface area contributed by atoms with Crippen molar-refractivity contribution in [3.63, 3.8) is 0 Å². The van der Waals surface area contributed by atoms with E-state index in [2.05, 4.69) is 17.3 Å². The van der Waals surface area contributed by atoms with Crippen LogP contribution in [0.4, 0.5) is 19.0 Å². The number of piperidine rings is 1. The van der Waals surface area contributed by atoms with Gasteiger partial charge in [0.25, 0.3) is 5.91 Å². The van der Waals surface area contributed by atoms with Crippen LogP contribution in [0.1, 0.15) is 54.3 Å². The van der Waals surface area contributed by atoms with E-state index in [0.29, 0.717) is 19.0 Å². The van der Waals surface area contributed by atoms with Crippen LogP contribution in [0.15, 0.2) is 36.4 Å². The van der Waals surface area contributed by atoms with Crippen molar-refractivity contribution in [2.45, 2.75) is 44.4 Å². The summed E-state index contributed by atoms with van der Waals surface area (Å²) in [5.74, 6) is 0.492. The van der Waals surface area contributed by atoms with Gasteiger partial charge in [0.05, 0.1) is 6.04 Å². The number of fused-ring (bicyclic) bond motifs is 1. The van der Waals surface area contributed by atoms with Crippen molar-refractivity contribution in [2.75, 3.05) is 18.4 Å². The predicted molar refractivity (Wildman–Crippen MR) is 99.0 cm³/mol. The Balaban J connectivity index is 1.63. The molecule has 150 valence electrons. The number of hydrogen-bond acceptors (Lipinski definition) is 3. The lowest BCUT2D eigenvalue weighted by atomic mass is 9.97. The Morgan fingerprint density at radius 2 is 1.86 bits per heavy atom. The van der Waals surface area contributed by atoms with E-state index < -0.39 is 18.3 Å². The van der Waals surface area contributed by atoms with E-state index in [1.54, 1.807) is 29.2 Å². The topological polar surface area (TPSA) is 50.2 Å². The van der Waals surface area contributed by atoms with Gasteiger partial charge in [-0.2, -0.15) is 18.3 Å². The summed E-state index contributed by atoms with van der Waals surface area (Å²) in [4.78, 5) is 14.5. The third-order valence-electron chi connectivity index (χ3n) is 5.68. The van der Waals surface area contributed by atoms with Crippen molar-refractivity contribution in [1.82, 2.24) is 14.7 Å². The molecule has 0 radical (unpaired) electrons. The maximum atomic E-state index is 13.7. The van der Waals surface area contributed by atoms with Crippen LogP contribution in [0.3, 0.4) is 0 Å². The van der Waals surface area contributed by atoms with Gasteiger partial charge in [-0.3, -0.25) is 4.79 Å². The van der Waals surface area contributed by atoms with Crippen molar-refractivity contribution < 1.29 is 18.0 Å². The van der Waals surface area contributed by atoms with Crippen LogP contribution in [0.25, 0.3) is 0 Å². The smallest absolute Gasteiger partial charge is 0.363 e. The van der Waals surface area contributed by atoms with Gasteiger partial charge >= 0.3 is 6.18 Å². The molecule has 0 bridgehead atoms. The molecule has 0 spiro atoms. The highest BCUT2D eigenvalue weighted by molar-refractivity contribution is 5.93. The minimum Gasteiger partial charge on any atom is -0.363 e. The van der Waals surface area contributed by atoms with Gasteiger partial charge in [-0.15, -0.1) is 0 Å². The lowest BCUT2D eigenvalue weighted by Crippen LogP contribution is -2.38. The largest absolute Gasteiger partial charge is 0.410 e. The summed E-state index contributed by atoms with van der Waals surface area (Å²) in [5.41, 5.74) is 0.849. The molecule has 1 saturated heterocycles. The molecule has 0 unspecified atom stereocenters. The Morgan fingerprint density at radius 1 is 1.18 bits per heavy atom. The average Bonchev–Trinajstić information content (AvgIpc) is 3.11. The lowest BCUT2D eigenvalue weighted by Gasteiger charge is -2.33. The molecule has 4 rings (SSSR count). The van der Waals surface area contributed by atoms with Crippen LogP contribution in [0.2, 0.25) is 0 Å². The second-order valence-electron chi connectivity index (χ2n) is 7.73. The molecule has 1 amide bonds. The van der Waals surface area contributed by atoms with Crippen LogP contribution < -0.4 is 5.32 Å². The summed E-state index contributed by atoms with van der Waals surface area (Å²) >= 11 is 0. The molecule has 28 heavy (non-hydrogen) atoms. The monoisotopic (exact) mass is 392 g/mol. The van der Waals surface area contributed by atoms with Crippen molar-refractivity contribution in [2.24, 2.45) is 5.92 Å². The first-order valence-corrected chi connectivity index (χ1v) is 9.60. The molecule has 1 aromatic carbocycles. The number of halogens is 3. The van der Waals surface area contributed by atoms with Gasteiger partial charge < -0.3 is 10.2 Å². The van der Waals surface area contributed by atoms with Crippen LogP contribution in [-0.2, 0) is 0 Å². The fourth-order valence-electron chi connectivity index (χ4n) is 3.96. The number of nitrogens with zero attached hydrogens (tertiary/aromatic N) is 3. The molecule has 2 aliphatic rings. The predicted octanol–water partition coefficient (Wildman–Crippen LogP) is 4.42. The number of benzene rings is 1. The number of alkyl halides is 3. The van der Waals surface area contributed by atoms with E-state index >= 15 is 0 Å². The summed E-state index contributed by atoms with van der Waals surface area (Å²) in [5, 5.41) is 7.19. The van der Waals surface area contributed by atoms with E-state index in [4.69, 9.17) is 0 Å². The summed E-state index contributed by atoms with van der Waals surface area (Å²) in [6.07, 6.45) is -2.81. The summed E-state index contributed by atoms with van der Waals surface area (Å²) in [7, 11) is 0. The van der Waals surface area contributed by atoms with Gasteiger partial charge in [0.15, 0.2) is 11.7 Å². The highest BCUT2D eigenvalue weighted by Crippen LogP contribution is 2.43. The third-order valence-corrected chi connectivity index (χ3v) is 5.68. The normalized spacial score (nSPS) is 23.2. The Bertz CT molecular complexity index is 841. The van der Waals surface area contributed by atoms with E-state index in [-0.39, 0.29) is 23.8 Å². The molecule has 0 saturated carbocycles. The molecule has 2 aliphatic heterocycles. The second-order valence-corrected chi connectivity index (χ2v) is 7.73. The number of aromatic nitrogens is 2. The quantitative estimate of drug-likeness (QED) is 0.823. The lowest BCUT2D eigenvalue weighted by molar-refractivity contribution is -0.173. The zero-order valence-electron chi connectivity index (χ0n) is 15.6. The first-order valence-electron chi connectivity index (χ1n) is 9.60. The zero-order valence-corrected chi connectivity index (χ0v) is 15.6. The molecular formula is C20H23F3N4O. The van der Waals surface area contributed by atoms with Crippen molar-refractivity contribution >= 4 is 11.7 Å². The fourth-order valence-corrected chi connectivity index (χ4v) is 3.96. The zero-order chi connectivity index (χ0) is 19.9. The minimum absolute atomic E-state index is 0.0695. The van der Waals surface area contributed by atoms with Crippen LogP contribution in [-0.4, -0.2) is 39.9 Å². The molecule has 1 fully saturated rings. The number of carbonyl (C=O) groups is 1. The van der Waals surface area contributed by atoms with Crippen molar-refractivity contribution in [1.29, 1.82) is 0 Å². The minimum atomic E-state index is -4.45. The fraction of sp³-hybridized carbons (Fsp3) is 0.500. The van der Waals surface area contributed by atoms with E-state index in [1.165, 1.54) is 6.07 Å². The molecule has 8 heteroatoms. The number of carbonyl (C=O) groups excluding carboxylic acids is 1. The number of likely N-dealkylation sites (tertiary alicyclic amines) is 1. The van der Waals surface area contributed by atoms with E-state index in [9.17, 15) is 18.0 Å². The summed E-state index contributed by atoms with van der Waals surface area (Å²) in [6, 6.07) is 8.24. The maximum Gasteiger partial charge on any atom is 0.410 e. The van der Waals surface area contributed by atoms with Crippen molar-refractivity contribution in [3.05, 3.63) is 47.7 Å². The van der Waals surface area contributed by atoms with E-state index in [0.717, 1.165) is 23.1 Å². The molecular weight excluding hydrogens is 369 g/mol. The van der Waals surface area contributed by atoms with Gasteiger partial charge in [-0.05, 0) is 24.3 Å². The summed E-state index contributed by atoms with van der Waals surface area (Å²) in [6.45, 7) is 3.37. The highest BCUT2D eigenvalue weighted by Gasteiger charge is 2.47. The number of amides is 1. The van der Waals surface area contributed by atoms with Crippen LogP contribution in [0, 0.1) is 5.92 Å². The van der Waals surface area contributed by atoms with Crippen LogP contribution in [0.5, 0.6) is 0 Å². The molecule has 0 aliphatic carbocycles. The number of rotatable bonds is 2. The van der Waals surface area contributed by atoms with Gasteiger partial charge in [-0.1, -0.05) is 37.3 Å². The summed E-state index contributed by atoms with van der Waals surface area (Å²) < 4.78 is 42.1. The Morgan fingerprint density at radius 3 is 2.50 bits per heavy atom. The third kappa shape index (κ3) is 3.59. The van der Waals surface area contributed by atoms with Gasteiger partial charge in [0.1, 0.15) is 5.82 Å². The molecule has 2 aromatic rings. The molecule has 1 aromatic heterocycles. The van der Waals surface area contributed by atoms with Gasteiger partial charge in [-0.25, -0.2) is 4.68 Å². The highest BCUT2D eigenvalue weighted by atomic mass is 19.4. The second kappa shape index (κ2) is 7.14. The van der Waals surface area contributed by atoms with E-state index in [1.807, 2.05) is 6.07 Å². The molecule has 5 nitrogen and oxygen atoms in total. The maximum absolute atomic E-state index is 13.7. The average molecular weight is 392 g/mol. The van der Waals surface area contributed by atoms with Crippen molar-refractivity contribution in [3.8, 4) is 0 Å². The molecule has 2 atom stereocenters. The first kappa shape index (κ1) is 18.8. The molecule has 1 N–H and O–H groups in total. The van der Waals surface area contributed by atoms with Crippen LogP contribution >= 0.6 is 0 Å². The Hall–Kier alpha value is -2.51.